The Hall–Kier alpha value is -2.30. The minimum absolute atomic E-state index is 0.0215. The molecule has 1 aliphatic rings. The average Bonchev–Trinajstić information content (AvgIpc) is 3.06. The van der Waals surface area contributed by atoms with Gasteiger partial charge in [-0.3, -0.25) is 9.78 Å². The van der Waals surface area contributed by atoms with Crippen LogP contribution < -0.4 is 5.32 Å². The largest absolute Gasteiger partial charge is 0.467 e. The predicted molar refractivity (Wildman–Crippen MR) is 84.6 cm³/mol. The summed E-state index contributed by atoms with van der Waals surface area (Å²) in [4.78, 5) is 18.7. The summed E-state index contributed by atoms with van der Waals surface area (Å²) in [5.41, 5.74) is 1.37. The Morgan fingerprint density at radius 3 is 3.18 bits per heavy atom. The summed E-state index contributed by atoms with van der Waals surface area (Å²) >= 11 is 0. The van der Waals surface area contributed by atoms with Gasteiger partial charge in [-0.15, -0.1) is 0 Å². The van der Waals surface area contributed by atoms with Gasteiger partial charge in [-0.25, -0.2) is 0 Å². The Balaban J connectivity index is 1.66. The molecular formula is C17H21N3O2. The van der Waals surface area contributed by atoms with E-state index in [1.54, 1.807) is 12.5 Å². The Morgan fingerprint density at radius 2 is 2.41 bits per heavy atom. The number of amides is 1. The first-order chi connectivity index (χ1) is 10.7. The van der Waals surface area contributed by atoms with E-state index in [9.17, 15) is 4.79 Å². The summed E-state index contributed by atoms with van der Waals surface area (Å²) in [6.07, 6.45) is 5.59. The van der Waals surface area contributed by atoms with Crippen LogP contribution in [0.2, 0.25) is 0 Å². The molecule has 3 heterocycles. The first kappa shape index (κ1) is 14.6. The molecule has 1 amide bonds. The van der Waals surface area contributed by atoms with Crippen LogP contribution in [0.1, 0.15) is 36.0 Å². The average molecular weight is 299 g/mol. The lowest BCUT2D eigenvalue weighted by molar-refractivity contribution is 0.0677. The molecule has 0 radical (unpaired) electrons. The maximum absolute atomic E-state index is 12.5. The third-order valence-electron chi connectivity index (χ3n) is 3.97. The van der Waals surface area contributed by atoms with E-state index in [0.717, 1.165) is 31.0 Å². The van der Waals surface area contributed by atoms with E-state index < -0.39 is 0 Å². The number of pyridine rings is 1. The molecular weight excluding hydrogens is 278 g/mol. The molecule has 5 heteroatoms. The number of aromatic nitrogens is 1. The van der Waals surface area contributed by atoms with Crippen molar-refractivity contribution in [2.75, 3.05) is 18.4 Å². The van der Waals surface area contributed by atoms with Crippen LogP contribution in [0.15, 0.2) is 41.1 Å². The van der Waals surface area contributed by atoms with E-state index in [1.807, 2.05) is 29.2 Å². The number of nitrogens with zero attached hydrogens (tertiary/aromatic N) is 2. The van der Waals surface area contributed by atoms with E-state index in [4.69, 9.17) is 4.42 Å². The number of rotatable bonds is 4. The number of nitrogens with one attached hydrogen (secondary N) is 1. The molecule has 2 aromatic heterocycles. The standard InChI is InChI=1S/C17H21N3O2/c1-13-4-2-8-20(12-13)17(21)16-10-14(6-7-18-16)19-11-15-5-3-9-22-15/h3,5-7,9-10,13H,2,4,8,11-12H2,1H3,(H,18,19). The lowest BCUT2D eigenvalue weighted by atomic mass is 10.00. The minimum atomic E-state index is 0.0215. The van der Waals surface area contributed by atoms with E-state index in [2.05, 4.69) is 17.2 Å². The van der Waals surface area contributed by atoms with E-state index >= 15 is 0 Å². The first-order valence-electron chi connectivity index (χ1n) is 7.74. The molecule has 0 aliphatic carbocycles. The van der Waals surface area contributed by atoms with Gasteiger partial charge in [-0.05, 0) is 43.0 Å². The van der Waals surface area contributed by atoms with Crippen molar-refractivity contribution in [3.8, 4) is 0 Å². The Kier molecular flexibility index (Phi) is 4.42. The minimum Gasteiger partial charge on any atom is -0.467 e. The van der Waals surface area contributed by atoms with Gasteiger partial charge >= 0.3 is 0 Å². The number of likely N-dealkylation sites (tertiary alicyclic amines) is 1. The SMILES string of the molecule is CC1CCCN(C(=O)c2cc(NCc3ccco3)ccn2)C1. The summed E-state index contributed by atoms with van der Waals surface area (Å²) in [6.45, 7) is 4.43. The summed E-state index contributed by atoms with van der Waals surface area (Å²) in [6, 6.07) is 7.44. The zero-order valence-corrected chi connectivity index (χ0v) is 12.8. The molecule has 116 valence electrons. The Bertz CT molecular complexity index is 625. The van der Waals surface area contributed by atoms with Gasteiger partial charge in [0.05, 0.1) is 12.8 Å². The zero-order valence-electron chi connectivity index (χ0n) is 12.8. The van der Waals surface area contributed by atoms with Crippen LogP contribution >= 0.6 is 0 Å². The van der Waals surface area contributed by atoms with Crippen molar-refractivity contribution in [3.63, 3.8) is 0 Å². The van der Waals surface area contributed by atoms with Crippen molar-refractivity contribution < 1.29 is 9.21 Å². The fourth-order valence-electron chi connectivity index (χ4n) is 2.80. The molecule has 0 spiro atoms. The number of piperidine rings is 1. The quantitative estimate of drug-likeness (QED) is 0.942. The number of anilines is 1. The smallest absolute Gasteiger partial charge is 0.272 e. The summed E-state index contributed by atoms with van der Waals surface area (Å²) in [5.74, 6) is 1.45. The number of hydrogen-bond acceptors (Lipinski definition) is 4. The van der Waals surface area contributed by atoms with Crippen molar-refractivity contribution in [2.24, 2.45) is 5.92 Å². The van der Waals surface area contributed by atoms with Crippen molar-refractivity contribution >= 4 is 11.6 Å². The highest BCUT2D eigenvalue weighted by Crippen LogP contribution is 2.18. The third kappa shape index (κ3) is 3.47. The maximum Gasteiger partial charge on any atom is 0.272 e. The highest BCUT2D eigenvalue weighted by atomic mass is 16.3. The van der Waals surface area contributed by atoms with Crippen LogP contribution in [0.4, 0.5) is 5.69 Å². The molecule has 1 aliphatic heterocycles. The monoisotopic (exact) mass is 299 g/mol. The number of carbonyl (C=O) groups excluding carboxylic acids is 1. The summed E-state index contributed by atoms with van der Waals surface area (Å²) in [7, 11) is 0. The lowest BCUT2D eigenvalue weighted by Gasteiger charge is -2.30. The fourth-order valence-corrected chi connectivity index (χ4v) is 2.80. The maximum atomic E-state index is 12.5. The molecule has 1 saturated heterocycles. The van der Waals surface area contributed by atoms with E-state index in [1.165, 1.54) is 6.42 Å². The van der Waals surface area contributed by atoms with Crippen LogP contribution in [0.3, 0.4) is 0 Å². The van der Waals surface area contributed by atoms with Crippen molar-refractivity contribution in [3.05, 3.63) is 48.2 Å². The second kappa shape index (κ2) is 6.64. The summed E-state index contributed by atoms with van der Waals surface area (Å²) in [5, 5.41) is 3.25. The summed E-state index contributed by atoms with van der Waals surface area (Å²) < 4.78 is 5.29. The molecule has 5 nitrogen and oxygen atoms in total. The van der Waals surface area contributed by atoms with Crippen LogP contribution in [0.25, 0.3) is 0 Å². The van der Waals surface area contributed by atoms with Gasteiger partial charge in [-0.2, -0.15) is 0 Å². The predicted octanol–water partition coefficient (Wildman–Crippen LogP) is 3.16. The van der Waals surface area contributed by atoms with Gasteiger partial charge in [0, 0.05) is 25.0 Å². The van der Waals surface area contributed by atoms with Gasteiger partial charge < -0.3 is 14.6 Å². The van der Waals surface area contributed by atoms with E-state index in [-0.39, 0.29) is 5.91 Å². The highest BCUT2D eigenvalue weighted by molar-refractivity contribution is 5.93. The van der Waals surface area contributed by atoms with Gasteiger partial charge in [0.1, 0.15) is 11.5 Å². The normalized spacial score (nSPS) is 18.2. The lowest BCUT2D eigenvalue weighted by Crippen LogP contribution is -2.39. The second-order valence-electron chi connectivity index (χ2n) is 5.86. The fraction of sp³-hybridized carbons (Fsp3) is 0.412. The topological polar surface area (TPSA) is 58.4 Å². The third-order valence-corrected chi connectivity index (χ3v) is 3.97. The number of carbonyl (C=O) groups is 1. The highest BCUT2D eigenvalue weighted by Gasteiger charge is 2.22. The van der Waals surface area contributed by atoms with Crippen molar-refractivity contribution in [2.45, 2.75) is 26.3 Å². The van der Waals surface area contributed by atoms with Gasteiger partial charge in [0.2, 0.25) is 0 Å². The molecule has 0 aromatic carbocycles. The van der Waals surface area contributed by atoms with Crippen LogP contribution in [0, 0.1) is 5.92 Å². The molecule has 22 heavy (non-hydrogen) atoms. The number of furan rings is 1. The molecule has 1 N–H and O–H groups in total. The molecule has 2 aromatic rings. The van der Waals surface area contributed by atoms with Crippen LogP contribution in [-0.4, -0.2) is 28.9 Å². The first-order valence-corrected chi connectivity index (χ1v) is 7.74. The second-order valence-corrected chi connectivity index (χ2v) is 5.86. The van der Waals surface area contributed by atoms with Crippen molar-refractivity contribution in [1.82, 2.24) is 9.88 Å². The van der Waals surface area contributed by atoms with Gasteiger partial charge in [-0.1, -0.05) is 6.92 Å². The molecule has 1 fully saturated rings. The van der Waals surface area contributed by atoms with Gasteiger partial charge in [0.15, 0.2) is 0 Å². The molecule has 1 atom stereocenters. The molecule has 1 unspecified atom stereocenters. The Morgan fingerprint density at radius 1 is 1.50 bits per heavy atom. The van der Waals surface area contributed by atoms with Gasteiger partial charge in [0.25, 0.3) is 5.91 Å². The Labute approximate surface area is 130 Å². The van der Waals surface area contributed by atoms with Crippen LogP contribution in [-0.2, 0) is 6.54 Å². The number of hydrogen-bond donors (Lipinski definition) is 1. The molecule has 0 bridgehead atoms. The molecule has 0 saturated carbocycles. The van der Waals surface area contributed by atoms with E-state index in [0.29, 0.717) is 18.2 Å². The zero-order chi connectivity index (χ0) is 15.4. The van der Waals surface area contributed by atoms with Crippen molar-refractivity contribution in [1.29, 1.82) is 0 Å². The molecule has 3 rings (SSSR count). The van der Waals surface area contributed by atoms with Crippen LogP contribution in [0.5, 0.6) is 0 Å².